The van der Waals surface area contributed by atoms with E-state index in [1.165, 1.54) is 0 Å². The van der Waals surface area contributed by atoms with Gasteiger partial charge in [-0.05, 0) is 0 Å². The van der Waals surface area contributed by atoms with Crippen molar-refractivity contribution in [3.8, 4) is 0 Å². The van der Waals surface area contributed by atoms with Crippen LogP contribution in [0.15, 0.2) is 0 Å². The first kappa shape index (κ1) is 7.05. The number of ether oxygens (including phenoxy) is 1. The fraction of sp³-hybridized carbons (Fsp3) is 0.667. The van der Waals surface area contributed by atoms with Gasteiger partial charge in [0.1, 0.15) is 0 Å². The molecule has 1 aliphatic heterocycles. The van der Waals surface area contributed by atoms with Crippen LogP contribution in [0.3, 0.4) is 0 Å². The van der Waals surface area contributed by atoms with Gasteiger partial charge < -0.3 is 9.84 Å². The Morgan fingerprint density at radius 3 is 2.60 bits per heavy atom. The average Bonchev–Trinajstić information content (AvgIpc) is 2.11. The molecule has 1 saturated heterocycles. The Labute approximate surface area is 57.8 Å². The number of hydrogen-bond donors (Lipinski definition) is 1. The maximum atomic E-state index is 10.6. The smallest absolute Gasteiger partial charge is 0.320 e. The summed E-state index contributed by atoms with van der Waals surface area (Å²) < 4.78 is 4.52. The number of rotatable bonds is 1. The molecule has 1 heterocycles. The molecule has 1 N–H and O–H groups in total. The summed E-state index contributed by atoms with van der Waals surface area (Å²) in [6, 6.07) is 0. The zero-order valence-corrected chi connectivity index (χ0v) is 5.53. The van der Waals surface area contributed by atoms with Crippen molar-refractivity contribution in [2.75, 3.05) is 6.61 Å². The molecule has 10 heavy (non-hydrogen) atoms. The summed E-state index contributed by atoms with van der Waals surface area (Å²) in [6.45, 7) is 1.92. The van der Waals surface area contributed by atoms with Crippen LogP contribution in [0.1, 0.15) is 6.92 Å². The predicted octanol–water partition coefficient (Wildman–Crippen LogP) is -0.120. The molecular weight excluding hydrogens is 136 g/mol. The lowest BCUT2D eigenvalue weighted by molar-refractivity contribution is -0.152. The fourth-order valence-corrected chi connectivity index (χ4v) is 0.976. The third-order valence-electron chi connectivity index (χ3n) is 1.58. The zero-order valence-electron chi connectivity index (χ0n) is 5.53. The molecule has 4 heteroatoms. The minimum atomic E-state index is -1.09. The lowest BCUT2D eigenvalue weighted by Gasteiger charge is -2.01. The summed E-state index contributed by atoms with van der Waals surface area (Å²) in [4.78, 5) is 20.9. The Morgan fingerprint density at radius 2 is 2.40 bits per heavy atom. The van der Waals surface area contributed by atoms with Crippen molar-refractivity contribution in [1.82, 2.24) is 0 Å². The molecule has 1 unspecified atom stereocenters. The molecule has 0 aromatic rings. The topological polar surface area (TPSA) is 63.6 Å². The Kier molecular flexibility index (Phi) is 1.61. The average molecular weight is 144 g/mol. The number of hydrogen-bond acceptors (Lipinski definition) is 3. The highest BCUT2D eigenvalue weighted by atomic mass is 16.5. The van der Waals surface area contributed by atoms with Crippen molar-refractivity contribution in [1.29, 1.82) is 0 Å². The first-order valence-electron chi connectivity index (χ1n) is 3.02. The van der Waals surface area contributed by atoms with Crippen molar-refractivity contribution < 1.29 is 19.4 Å². The van der Waals surface area contributed by atoms with Crippen LogP contribution in [0, 0.1) is 11.8 Å². The predicted molar refractivity (Wildman–Crippen MR) is 31.2 cm³/mol. The summed E-state index contributed by atoms with van der Waals surface area (Å²) in [5, 5.41) is 8.45. The van der Waals surface area contributed by atoms with E-state index in [1.54, 1.807) is 6.92 Å². The monoisotopic (exact) mass is 144 g/mol. The molecule has 1 aliphatic rings. The Morgan fingerprint density at radius 1 is 1.80 bits per heavy atom. The normalized spacial score (nSPS) is 31.9. The molecule has 1 fully saturated rings. The van der Waals surface area contributed by atoms with E-state index in [1.807, 2.05) is 0 Å². The summed E-state index contributed by atoms with van der Waals surface area (Å²) >= 11 is 0. The second-order valence-corrected chi connectivity index (χ2v) is 2.42. The van der Waals surface area contributed by atoms with Crippen LogP contribution in [-0.2, 0) is 14.3 Å². The van der Waals surface area contributed by atoms with E-state index in [-0.39, 0.29) is 12.5 Å². The van der Waals surface area contributed by atoms with Crippen molar-refractivity contribution in [2.45, 2.75) is 6.92 Å². The van der Waals surface area contributed by atoms with Gasteiger partial charge in [0.05, 0.1) is 6.61 Å². The number of aliphatic carboxylic acids is 1. The second kappa shape index (κ2) is 2.28. The Balaban J connectivity index is 2.72. The standard InChI is InChI=1S/C6H8O4/c1-3-2-10-6(9)4(3)5(7)8/h3-4H,2H2,1H3,(H,7,8)/t3-,4?/m0/s1. The summed E-state index contributed by atoms with van der Waals surface area (Å²) in [7, 11) is 0. The van der Waals surface area contributed by atoms with Crippen LogP contribution in [0.2, 0.25) is 0 Å². The van der Waals surface area contributed by atoms with E-state index in [9.17, 15) is 9.59 Å². The number of carboxylic acid groups (broad SMARTS) is 1. The van der Waals surface area contributed by atoms with Gasteiger partial charge in [-0.2, -0.15) is 0 Å². The van der Waals surface area contributed by atoms with Gasteiger partial charge in [-0.3, -0.25) is 9.59 Å². The fourth-order valence-electron chi connectivity index (χ4n) is 0.976. The highest BCUT2D eigenvalue weighted by Gasteiger charge is 2.39. The van der Waals surface area contributed by atoms with E-state index < -0.39 is 17.9 Å². The Hall–Kier alpha value is -1.06. The number of esters is 1. The SMILES string of the molecule is C[C@H]1COC(=O)C1C(=O)O. The molecule has 0 aliphatic carbocycles. The van der Waals surface area contributed by atoms with Gasteiger partial charge >= 0.3 is 11.9 Å². The van der Waals surface area contributed by atoms with Crippen molar-refractivity contribution in [3.63, 3.8) is 0 Å². The Bertz CT molecular complexity index is 175. The molecule has 4 nitrogen and oxygen atoms in total. The van der Waals surface area contributed by atoms with Gasteiger partial charge in [-0.1, -0.05) is 6.92 Å². The first-order chi connectivity index (χ1) is 4.63. The van der Waals surface area contributed by atoms with Crippen LogP contribution in [0.4, 0.5) is 0 Å². The van der Waals surface area contributed by atoms with E-state index in [2.05, 4.69) is 4.74 Å². The number of cyclic esters (lactones) is 1. The lowest BCUT2D eigenvalue weighted by atomic mass is 9.98. The van der Waals surface area contributed by atoms with E-state index in [4.69, 9.17) is 5.11 Å². The van der Waals surface area contributed by atoms with Crippen molar-refractivity contribution in [3.05, 3.63) is 0 Å². The van der Waals surface area contributed by atoms with Crippen LogP contribution in [0.5, 0.6) is 0 Å². The summed E-state index contributed by atoms with van der Waals surface area (Å²) in [6.07, 6.45) is 0. The van der Waals surface area contributed by atoms with Gasteiger partial charge in [0.25, 0.3) is 0 Å². The molecule has 0 bridgehead atoms. The number of carboxylic acids is 1. The largest absolute Gasteiger partial charge is 0.481 e. The van der Waals surface area contributed by atoms with Crippen molar-refractivity contribution in [2.24, 2.45) is 11.8 Å². The van der Waals surface area contributed by atoms with E-state index >= 15 is 0 Å². The molecule has 0 radical (unpaired) electrons. The minimum Gasteiger partial charge on any atom is -0.481 e. The van der Waals surface area contributed by atoms with Crippen LogP contribution in [0.25, 0.3) is 0 Å². The van der Waals surface area contributed by atoms with Gasteiger partial charge in [-0.25, -0.2) is 0 Å². The maximum absolute atomic E-state index is 10.6. The molecule has 0 aromatic carbocycles. The number of carbonyl (C=O) groups is 2. The molecule has 0 saturated carbocycles. The van der Waals surface area contributed by atoms with Crippen LogP contribution < -0.4 is 0 Å². The third-order valence-corrected chi connectivity index (χ3v) is 1.58. The third kappa shape index (κ3) is 0.964. The molecule has 56 valence electrons. The molecule has 1 rings (SSSR count). The van der Waals surface area contributed by atoms with Crippen molar-refractivity contribution >= 4 is 11.9 Å². The highest BCUT2D eigenvalue weighted by Crippen LogP contribution is 2.21. The highest BCUT2D eigenvalue weighted by molar-refractivity contribution is 5.95. The first-order valence-corrected chi connectivity index (χ1v) is 3.02. The minimum absolute atomic E-state index is 0.190. The zero-order chi connectivity index (χ0) is 7.72. The van der Waals surface area contributed by atoms with Gasteiger partial charge in [0.2, 0.25) is 0 Å². The second-order valence-electron chi connectivity index (χ2n) is 2.42. The van der Waals surface area contributed by atoms with Crippen LogP contribution in [-0.4, -0.2) is 23.7 Å². The molecule has 0 amide bonds. The maximum Gasteiger partial charge on any atom is 0.320 e. The quantitative estimate of drug-likeness (QED) is 0.411. The molecular formula is C6H8O4. The summed E-state index contributed by atoms with van der Waals surface area (Å²) in [5.74, 6) is -2.83. The van der Waals surface area contributed by atoms with Gasteiger partial charge in [0, 0.05) is 5.92 Å². The van der Waals surface area contributed by atoms with Gasteiger partial charge in [0.15, 0.2) is 5.92 Å². The molecule has 0 spiro atoms. The summed E-state index contributed by atoms with van der Waals surface area (Å²) in [5.41, 5.74) is 0. The molecule has 2 atom stereocenters. The van der Waals surface area contributed by atoms with E-state index in [0.29, 0.717) is 0 Å². The van der Waals surface area contributed by atoms with Crippen LogP contribution >= 0.6 is 0 Å². The number of carbonyl (C=O) groups excluding carboxylic acids is 1. The van der Waals surface area contributed by atoms with E-state index in [0.717, 1.165) is 0 Å². The molecule has 0 aromatic heterocycles. The lowest BCUT2D eigenvalue weighted by Crippen LogP contribution is -2.23. The van der Waals surface area contributed by atoms with Gasteiger partial charge in [-0.15, -0.1) is 0 Å².